The predicted molar refractivity (Wildman–Crippen MR) is 113 cm³/mol. The van der Waals surface area contributed by atoms with Gasteiger partial charge in [0.05, 0.1) is 21.2 Å². The maximum Gasteiger partial charge on any atom is 0.326 e. The lowest BCUT2D eigenvalue weighted by Gasteiger charge is -2.30. The Morgan fingerprint density at radius 2 is 1.61 bits per heavy atom. The van der Waals surface area contributed by atoms with Gasteiger partial charge in [0.15, 0.2) is 6.10 Å². The molecule has 1 atom stereocenters. The highest BCUT2D eigenvalue weighted by molar-refractivity contribution is 6.43. The van der Waals surface area contributed by atoms with Crippen LogP contribution in [0.25, 0.3) is 0 Å². The number of halogens is 2. The molecule has 2 heterocycles. The van der Waals surface area contributed by atoms with E-state index in [0.29, 0.717) is 13.1 Å². The van der Waals surface area contributed by atoms with Crippen LogP contribution >= 0.6 is 23.2 Å². The van der Waals surface area contributed by atoms with Crippen LogP contribution in [0.15, 0.2) is 36.4 Å². The Kier molecular flexibility index (Phi) is 5.73. The zero-order valence-electron chi connectivity index (χ0n) is 16.6. The summed E-state index contributed by atoms with van der Waals surface area (Å²) in [6, 6.07) is 10.5. The number of benzene rings is 2. The third-order valence-electron chi connectivity index (χ3n) is 5.40. The number of fused-ring (bicyclic) bond motifs is 2. The summed E-state index contributed by atoms with van der Waals surface area (Å²) in [5, 5.41) is 0.265. The summed E-state index contributed by atoms with van der Waals surface area (Å²) in [6.07, 6.45) is -0.320. The number of rotatable bonds is 4. The first-order valence-corrected chi connectivity index (χ1v) is 10.4. The number of hydrogen-bond acceptors (Lipinski definition) is 5. The van der Waals surface area contributed by atoms with Gasteiger partial charge in [-0.05, 0) is 36.6 Å². The second-order valence-electron chi connectivity index (χ2n) is 7.42. The first-order chi connectivity index (χ1) is 14.8. The van der Waals surface area contributed by atoms with Gasteiger partial charge in [0.1, 0.15) is 6.54 Å². The second kappa shape index (κ2) is 8.32. The van der Waals surface area contributed by atoms with Gasteiger partial charge in [0.25, 0.3) is 17.7 Å². The molecule has 0 N–H and O–H groups in total. The largest absolute Gasteiger partial charge is 0.451 e. The summed E-state index contributed by atoms with van der Waals surface area (Å²) in [5.41, 5.74) is 2.40. The number of esters is 1. The van der Waals surface area contributed by atoms with Crippen LogP contribution in [0.5, 0.6) is 0 Å². The van der Waals surface area contributed by atoms with E-state index >= 15 is 0 Å². The summed E-state index contributed by atoms with van der Waals surface area (Å²) >= 11 is 11.8. The van der Waals surface area contributed by atoms with E-state index in [1.54, 1.807) is 4.90 Å². The zero-order chi connectivity index (χ0) is 22.3. The molecule has 160 valence electrons. The van der Waals surface area contributed by atoms with Gasteiger partial charge in [-0.2, -0.15) is 0 Å². The highest BCUT2D eigenvalue weighted by Crippen LogP contribution is 2.31. The van der Waals surface area contributed by atoms with Gasteiger partial charge >= 0.3 is 5.97 Å². The highest BCUT2D eigenvalue weighted by atomic mass is 35.5. The molecule has 0 aliphatic carbocycles. The average molecular weight is 461 g/mol. The van der Waals surface area contributed by atoms with Crippen LogP contribution in [0.3, 0.4) is 0 Å². The molecule has 0 fully saturated rings. The van der Waals surface area contributed by atoms with Crippen molar-refractivity contribution in [3.8, 4) is 0 Å². The van der Waals surface area contributed by atoms with Gasteiger partial charge in [0.2, 0.25) is 0 Å². The molecule has 2 aliphatic heterocycles. The summed E-state index contributed by atoms with van der Waals surface area (Å²) in [6.45, 7) is 1.83. The van der Waals surface area contributed by atoms with E-state index in [9.17, 15) is 19.2 Å². The molecule has 2 aromatic rings. The molecule has 31 heavy (non-hydrogen) atoms. The minimum absolute atomic E-state index is 0.0725. The van der Waals surface area contributed by atoms with Gasteiger partial charge in [-0.15, -0.1) is 0 Å². The van der Waals surface area contributed by atoms with Crippen LogP contribution in [-0.4, -0.2) is 52.7 Å². The van der Waals surface area contributed by atoms with Crippen molar-refractivity contribution in [2.24, 2.45) is 0 Å². The van der Waals surface area contributed by atoms with Gasteiger partial charge in [-0.25, -0.2) is 0 Å². The monoisotopic (exact) mass is 460 g/mol. The Morgan fingerprint density at radius 1 is 1.03 bits per heavy atom. The van der Waals surface area contributed by atoms with Crippen LogP contribution in [0, 0.1) is 0 Å². The number of nitrogens with zero attached hydrogens (tertiary/aromatic N) is 2. The van der Waals surface area contributed by atoms with E-state index in [1.165, 1.54) is 24.6 Å². The van der Waals surface area contributed by atoms with Crippen molar-refractivity contribution in [3.05, 3.63) is 68.7 Å². The van der Waals surface area contributed by atoms with Crippen LogP contribution < -0.4 is 0 Å². The predicted octanol–water partition coefficient (Wildman–Crippen LogP) is 3.11. The Labute approximate surface area is 188 Å². The first-order valence-electron chi connectivity index (χ1n) is 9.66. The summed E-state index contributed by atoms with van der Waals surface area (Å²) in [5.74, 6) is -2.52. The lowest BCUT2D eigenvalue weighted by molar-refractivity contribution is -0.159. The Balaban J connectivity index is 1.38. The third-order valence-corrected chi connectivity index (χ3v) is 6.12. The maximum absolute atomic E-state index is 12.7. The fourth-order valence-electron chi connectivity index (χ4n) is 3.78. The van der Waals surface area contributed by atoms with Crippen molar-refractivity contribution in [2.45, 2.75) is 26.0 Å². The minimum Gasteiger partial charge on any atom is -0.451 e. The molecule has 0 aromatic heterocycles. The molecule has 0 bridgehead atoms. The van der Waals surface area contributed by atoms with Crippen molar-refractivity contribution >= 4 is 46.9 Å². The SMILES string of the molecule is CC(OC(=O)CN1C(=O)c2cc(Cl)c(Cl)cc2C1=O)C(=O)N1CCc2ccccc2C1. The van der Waals surface area contributed by atoms with Crippen LogP contribution in [0.4, 0.5) is 0 Å². The van der Waals surface area contributed by atoms with E-state index in [2.05, 4.69) is 0 Å². The first kappa shape index (κ1) is 21.3. The normalized spacial score (nSPS) is 16.1. The molecule has 7 nitrogen and oxygen atoms in total. The summed E-state index contributed by atoms with van der Waals surface area (Å²) in [4.78, 5) is 52.5. The standard InChI is InChI=1S/C22H18Cl2N2O5/c1-12(20(28)25-7-6-13-4-2-3-5-14(13)10-25)31-19(27)11-26-21(29)15-8-17(23)18(24)9-16(15)22(26)30/h2-5,8-9,12H,6-7,10-11H2,1H3. The quantitative estimate of drug-likeness (QED) is 0.516. The summed E-state index contributed by atoms with van der Waals surface area (Å²) in [7, 11) is 0. The smallest absolute Gasteiger partial charge is 0.326 e. The maximum atomic E-state index is 12.7. The molecule has 1 unspecified atom stereocenters. The zero-order valence-corrected chi connectivity index (χ0v) is 18.1. The van der Waals surface area contributed by atoms with Gasteiger partial charge in [-0.3, -0.25) is 24.1 Å². The molecule has 0 spiro atoms. The van der Waals surface area contributed by atoms with Crippen molar-refractivity contribution in [1.29, 1.82) is 0 Å². The number of imide groups is 1. The van der Waals surface area contributed by atoms with E-state index in [0.717, 1.165) is 16.9 Å². The van der Waals surface area contributed by atoms with Crippen molar-refractivity contribution < 1.29 is 23.9 Å². The molecule has 4 rings (SSSR count). The molecule has 0 saturated carbocycles. The molecule has 2 aliphatic rings. The number of ether oxygens (including phenoxy) is 1. The highest BCUT2D eigenvalue weighted by Gasteiger charge is 2.38. The molecular formula is C22H18Cl2N2O5. The van der Waals surface area contributed by atoms with E-state index < -0.39 is 30.4 Å². The van der Waals surface area contributed by atoms with Crippen LogP contribution in [0.1, 0.15) is 38.8 Å². The molecule has 0 radical (unpaired) electrons. The van der Waals surface area contributed by atoms with E-state index in [1.807, 2.05) is 24.3 Å². The van der Waals surface area contributed by atoms with E-state index in [-0.39, 0.29) is 27.1 Å². The van der Waals surface area contributed by atoms with E-state index in [4.69, 9.17) is 27.9 Å². The molecule has 2 aromatic carbocycles. The Bertz CT molecular complexity index is 1080. The molecule has 3 amide bonds. The third kappa shape index (κ3) is 4.03. The number of carbonyl (C=O) groups is 4. The van der Waals surface area contributed by atoms with Gasteiger partial charge in [0, 0.05) is 13.1 Å². The van der Waals surface area contributed by atoms with Gasteiger partial charge in [-0.1, -0.05) is 47.5 Å². The minimum atomic E-state index is -1.04. The summed E-state index contributed by atoms with van der Waals surface area (Å²) < 4.78 is 5.23. The fraction of sp³-hybridized carbons (Fsp3) is 0.273. The lowest BCUT2D eigenvalue weighted by atomic mass is 9.99. The topological polar surface area (TPSA) is 84.0 Å². The lowest BCUT2D eigenvalue weighted by Crippen LogP contribution is -2.44. The fourth-order valence-corrected chi connectivity index (χ4v) is 4.11. The van der Waals surface area contributed by atoms with Gasteiger partial charge < -0.3 is 9.64 Å². The molecular weight excluding hydrogens is 443 g/mol. The average Bonchev–Trinajstić information content (AvgIpc) is 2.97. The van der Waals surface area contributed by atoms with Crippen LogP contribution in [0.2, 0.25) is 10.0 Å². The molecule has 0 saturated heterocycles. The number of carbonyl (C=O) groups excluding carboxylic acids is 4. The van der Waals surface area contributed by atoms with Crippen LogP contribution in [-0.2, 0) is 27.3 Å². The Hall–Kier alpha value is -2.90. The van der Waals surface area contributed by atoms with Crippen molar-refractivity contribution in [2.75, 3.05) is 13.1 Å². The van der Waals surface area contributed by atoms with Crippen molar-refractivity contribution in [1.82, 2.24) is 9.80 Å². The number of amides is 3. The Morgan fingerprint density at radius 3 is 2.23 bits per heavy atom. The number of hydrogen-bond donors (Lipinski definition) is 0. The second-order valence-corrected chi connectivity index (χ2v) is 8.23. The van der Waals surface area contributed by atoms with Crippen molar-refractivity contribution in [3.63, 3.8) is 0 Å². The molecule has 9 heteroatoms.